The van der Waals surface area contributed by atoms with Gasteiger partial charge in [-0.25, -0.2) is 21.9 Å². The topological polar surface area (TPSA) is 66.4 Å². The molecule has 2 aromatic rings. The monoisotopic (exact) mass is 327 g/mol. The molecule has 2 aromatic carbocycles. The zero-order valence-corrected chi connectivity index (χ0v) is 12.6. The highest BCUT2D eigenvalue weighted by atomic mass is 32.2. The van der Waals surface area contributed by atoms with Crippen LogP contribution in [0.25, 0.3) is 0 Å². The Balaban J connectivity index is 2.12. The number of benzene rings is 2. The van der Waals surface area contributed by atoms with E-state index in [-0.39, 0.29) is 6.54 Å². The van der Waals surface area contributed by atoms with Gasteiger partial charge in [-0.3, -0.25) is 0 Å². The molecule has 0 aliphatic carbocycles. The Kier molecular flexibility index (Phi) is 4.90. The number of halogens is 2. The van der Waals surface area contributed by atoms with E-state index in [1.807, 2.05) is 0 Å². The minimum atomic E-state index is -4.08. The van der Waals surface area contributed by atoms with Crippen LogP contribution in [0.15, 0.2) is 47.4 Å². The highest BCUT2D eigenvalue weighted by Gasteiger charge is 2.20. The van der Waals surface area contributed by atoms with Crippen LogP contribution in [-0.2, 0) is 10.0 Å². The molecule has 2 rings (SSSR count). The summed E-state index contributed by atoms with van der Waals surface area (Å²) in [4.78, 5) is -0.473. The fourth-order valence-corrected chi connectivity index (χ4v) is 3.08. The van der Waals surface area contributed by atoms with Gasteiger partial charge in [0.05, 0.1) is 6.10 Å². The fourth-order valence-electron chi connectivity index (χ4n) is 1.89. The maximum Gasteiger partial charge on any atom is 0.243 e. The van der Waals surface area contributed by atoms with E-state index >= 15 is 0 Å². The van der Waals surface area contributed by atoms with Crippen molar-refractivity contribution >= 4 is 10.0 Å². The first kappa shape index (κ1) is 16.5. The van der Waals surface area contributed by atoms with E-state index in [9.17, 15) is 22.3 Å². The summed E-state index contributed by atoms with van der Waals surface area (Å²) in [6.07, 6.45) is -1.16. The van der Waals surface area contributed by atoms with Gasteiger partial charge in [-0.2, -0.15) is 0 Å². The largest absolute Gasteiger partial charge is 0.387 e. The van der Waals surface area contributed by atoms with Crippen molar-refractivity contribution in [3.05, 3.63) is 65.2 Å². The molecule has 7 heteroatoms. The number of aliphatic hydroxyl groups excluding tert-OH is 1. The molecule has 0 radical (unpaired) electrons. The molecule has 22 heavy (non-hydrogen) atoms. The summed E-state index contributed by atoms with van der Waals surface area (Å²) in [7, 11) is -4.08. The molecule has 0 saturated heterocycles. The van der Waals surface area contributed by atoms with Crippen molar-refractivity contribution in [2.45, 2.75) is 17.9 Å². The van der Waals surface area contributed by atoms with Crippen molar-refractivity contribution in [2.75, 3.05) is 6.54 Å². The van der Waals surface area contributed by atoms with Gasteiger partial charge < -0.3 is 5.11 Å². The fraction of sp³-hybridized carbons (Fsp3) is 0.200. The Morgan fingerprint density at radius 1 is 1.14 bits per heavy atom. The average molecular weight is 327 g/mol. The lowest BCUT2D eigenvalue weighted by Crippen LogP contribution is -2.29. The second kappa shape index (κ2) is 6.51. The Bertz CT molecular complexity index is 761. The number of aryl methyl sites for hydroxylation is 1. The van der Waals surface area contributed by atoms with E-state index < -0.39 is 32.7 Å². The second-order valence-corrected chi connectivity index (χ2v) is 6.59. The van der Waals surface area contributed by atoms with Crippen LogP contribution in [0.4, 0.5) is 8.78 Å². The van der Waals surface area contributed by atoms with Crippen molar-refractivity contribution in [3.8, 4) is 0 Å². The summed E-state index contributed by atoms with van der Waals surface area (Å²) >= 11 is 0. The quantitative estimate of drug-likeness (QED) is 0.885. The Morgan fingerprint density at radius 2 is 1.77 bits per heavy atom. The first-order valence-corrected chi connectivity index (χ1v) is 7.97. The maximum absolute atomic E-state index is 13.6. The van der Waals surface area contributed by atoms with Crippen molar-refractivity contribution < 1.29 is 22.3 Å². The lowest BCUT2D eigenvalue weighted by atomic mass is 10.1. The van der Waals surface area contributed by atoms with Gasteiger partial charge in [-0.05, 0) is 42.3 Å². The van der Waals surface area contributed by atoms with Gasteiger partial charge in [0.1, 0.15) is 16.5 Å². The van der Waals surface area contributed by atoms with Gasteiger partial charge in [0.15, 0.2) is 0 Å². The molecular weight excluding hydrogens is 312 g/mol. The van der Waals surface area contributed by atoms with Crippen LogP contribution in [0, 0.1) is 18.6 Å². The van der Waals surface area contributed by atoms with E-state index in [0.717, 1.165) is 18.2 Å². The number of sulfonamides is 1. The van der Waals surface area contributed by atoms with Gasteiger partial charge in [0.2, 0.25) is 10.0 Å². The molecule has 4 nitrogen and oxygen atoms in total. The summed E-state index contributed by atoms with van der Waals surface area (Å²) in [6.45, 7) is 1.30. The first-order valence-electron chi connectivity index (χ1n) is 6.49. The van der Waals surface area contributed by atoms with Crippen molar-refractivity contribution in [2.24, 2.45) is 0 Å². The third-order valence-corrected chi connectivity index (χ3v) is 4.54. The minimum absolute atomic E-state index is 0.346. The van der Waals surface area contributed by atoms with Crippen molar-refractivity contribution in [1.82, 2.24) is 4.72 Å². The van der Waals surface area contributed by atoms with Gasteiger partial charge in [0.25, 0.3) is 0 Å². The van der Waals surface area contributed by atoms with Crippen LogP contribution in [0.1, 0.15) is 17.2 Å². The second-order valence-electron chi connectivity index (χ2n) is 4.85. The van der Waals surface area contributed by atoms with E-state index in [0.29, 0.717) is 11.1 Å². The number of aliphatic hydroxyl groups is 1. The zero-order valence-electron chi connectivity index (χ0n) is 11.8. The standard InChI is InChI=1S/C15H15F2NO3S/c1-10-2-7-13(17)15(8-10)22(20,21)18-9-14(19)11-3-5-12(16)6-4-11/h2-8,14,18-19H,9H2,1H3. The molecule has 0 saturated carbocycles. The minimum Gasteiger partial charge on any atom is -0.387 e. The number of hydrogen-bond donors (Lipinski definition) is 2. The summed E-state index contributed by atoms with van der Waals surface area (Å²) in [6, 6.07) is 8.76. The molecule has 0 heterocycles. The van der Waals surface area contributed by atoms with Gasteiger partial charge in [-0.15, -0.1) is 0 Å². The van der Waals surface area contributed by atoms with Crippen LogP contribution in [0.5, 0.6) is 0 Å². The summed E-state index contributed by atoms with van der Waals surface area (Å²) in [5, 5.41) is 9.90. The van der Waals surface area contributed by atoms with E-state index in [2.05, 4.69) is 4.72 Å². The molecule has 1 atom stereocenters. The lowest BCUT2D eigenvalue weighted by molar-refractivity contribution is 0.182. The van der Waals surface area contributed by atoms with E-state index in [4.69, 9.17) is 0 Å². The van der Waals surface area contributed by atoms with Crippen LogP contribution in [0.3, 0.4) is 0 Å². The molecule has 0 bridgehead atoms. The van der Waals surface area contributed by atoms with Crippen LogP contribution in [-0.4, -0.2) is 20.1 Å². The van der Waals surface area contributed by atoms with Crippen LogP contribution >= 0.6 is 0 Å². The Hall–Kier alpha value is -1.83. The molecule has 0 fully saturated rings. The average Bonchev–Trinajstić information content (AvgIpc) is 2.48. The third-order valence-electron chi connectivity index (χ3n) is 3.10. The van der Waals surface area contributed by atoms with Crippen LogP contribution in [0.2, 0.25) is 0 Å². The lowest BCUT2D eigenvalue weighted by Gasteiger charge is -2.13. The van der Waals surface area contributed by atoms with E-state index in [1.54, 1.807) is 6.92 Å². The maximum atomic E-state index is 13.6. The summed E-state index contributed by atoms with van der Waals surface area (Å²) in [5.41, 5.74) is 0.953. The van der Waals surface area contributed by atoms with Gasteiger partial charge in [0, 0.05) is 6.54 Å². The predicted molar refractivity (Wildman–Crippen MR) is 77.7 cm³/mol. The SMILES string of the molecule is Cc1ccc(F)c(S(=O)(=O)NCC(O)c2ccc(F)cc2)c1. The van der Waals surface area contributed by atoms with E-state index in [1.165, 1.54) is 24.3 Å². The molecule has 0 aromatic heterocycles. The normalized spacial score (nSPS) is 13.1. The van der Waals surface area contributed by atoms with Crippen molar-refractivity contribution in [3.63, 3.8) is 0 Å². The Labute approximate surface area is 127 Å². The third kappa shape index (κ3) is 3.88. The molecule has 0 aliphatic rings. The Morgan fingerprint density at radius 3 is 2.41 bits per heavy atom. The van der Waals surface area contributed by atoms with Gasteiger partial charge in [-0.1, -0.05) is 18.2 Å². The zero-order chi connectivity index (χ0) is 16.3. The number of nitrogens with one attached hydrogen (secondary N) is 1. The van der Waals surface area contributed by atoms with Crippen molar-refractivity contribution in [1.29, 1.82) is 0 Å². The molecule has 2 N–H and O–H groups in total. The smallest absolute Gasteiger partial charge is 0.243 e. The number of rotatable bonds is 5. The summed E-state index contributed by atoms with van der Waals surface area (Å²) < 4.78 is 52.7. The van der Waals surface area contributed by atoms with Gasteiger partial charge >= 0.3 is 0 Å². The molecular formula is C15H15F2NO3S. The molecule has 0 amide bonds. The molecule has 0 aliphatic heterocycles. The number of hydrogen-bond acceptors (Lipinski definition) is 3. The van der Waals surface area contributed by atoms with Crippen LogP contribution < -0.4 is 4.72 Å². The highest BCUT2D eigenvalue weighted by molar-refractivity contribution is 7.89. The predicted octanol–water partition coefficient (Wildman–Crippen LogP) is 2.29. The molecule has 0 spiro atoms. The molecule has 1 unspecified atom stereocenters. The summed E-state index contributed by atoms with van der Waals surface area (Å²) in [5.74, 6) is -1.33. The molecule has 118 valence electrons. The first-order chi connectivity index (χ1) is 10.3. The highest BCUT2D eigenvalue weighted by Crippen LogP contribution is 2.17.